The van der Waals surface area contributed by atoms with Crippen LogP contribution in [0.5, 0.6) is 0 Å². The highest BCUT2D eigenvalue weighted by Crippen LogP contribution is 2.44. The Balaban J connectivity index is 1.43. The van der Waals surface area contributed by atoms with Crippen LogP contribution in [0.15, 0.2) is 10.3 Å². The molecular formula is C17H23N11O5S3. The van der Waals surface area contributed by atoms with Crippen molar-refractivity contribution in [2.45, 2.75) is 29.5 Å². The van der Waals surface area contributed by atoms with Gasteiger partial charge in [-0.25, -0.2) is 4.68 Å². The summed E-state index contributed by atoms with van der Waals surface area (Å²) in [5.74, 6) is -1.81. The number of fused-ring (bicyclic) bond motifs is 1. The van der Waals surface area contributed by atoms with Crippen LogP contribution in [0.1, 0.15) is 18.8 Å². The number of thioether (sulfide) groups is 2. The van der Waals surface area contributed by atoms with Gasteiger partial charge in [0.25, 0.3) is 5.91 Å². The van der Waals surface area contributed by atoms with Gasteiger partial charge in [-0.2, -0.15) is 9.36 Å². The Hall–Kier alpha value is -3.03. The molecule has 36 heavy (non-hydrogen) atoms. The number of hydrogen-bond donors (Lipinski definition) is 4. The zero-order valence-corrected chi connectivity index (χ0v) is 21.5. The number of nitrogens with zero attached hydrogens (tertiary/aromatic N) is 8. The molecule has 2 aliphatic heterocycles. The Morgan fingerprint density at radius 1 is 1.47 bits per heavy atom. The van der Waals surface area contributed by atoms with Gasteiger partial charge < -0.3 is 31.6 Å². The van der Waals surface area contributed by atoms with Crippen LogP contribution in [0, 0.1) is 5.41 Å². The summed E-state index contributed by atoms with van der Waals surface area (Å²) in [6.45, 7) is 2.15. The number of rotatable bonds is 10. The summed E-state index contributed by atoms with van der Waals surface area (Å²) in [5.41, 5.74) is 9.82. The fourth-order valence-corrected chi connectivity index (χ4v) is 6.85. The predicted molar refractivity (Wildman–Crippen MR) is 130 cm³/mol. The summed E-state index contributed by atoms with van der Waals surface area (Å²) in [6, 6.07) is -1.02. The summed E-state index contributed by atoms with van der Waals surface area (Å²) in [4.78, 5) is 48.1. The molecule has 2 saturated heterocycles. The molecule has 0 saturated carbocycles. The average Bonchev–Trinajstić information content (AvgIpc) is 3.52. The van der Waals surface area contributed by atoms with Gasteiger partial charge in [-0.1, -0.05) is 16.9 Å². The highest BCUT2D eigenvalue weighted by atomic mass is 32.2. The largest absolute Gasteiger partial charge is 0.481 e. The van der Waals surface area contributed by atoms with Crippen LogP contribution < -0.4 is 16.8 Å². The number of amides is 2. The third kappa shape index (κ3) is 4.82. The van der Waals surface area contributed by atoms with Crippen molar-refractivity contribution in [2.75, 3.05) is 37.4 Å². The SMILES string of the molecule is CON=C(C(=O)NC1C(=O)N2CC(CSc3nnnn3C(C)CN)(C(=O)O)CS[C@H]12)c1nsc(N)n1. The molecule has 3 unspecified atom stereocenters. The van der Waals surface area contributed by atoms with Crippen LogP contribution >= 0.6 is 35.1 Å². The molecule has 2 amide bonds. The van der Waals surface area contributed by atoms with Gasteiger partial charge in [0.2, 0.25) is 22.6 Å². The van der Waals surface area contributed by atoms with Crippen molar-refractivity contribution >= 4 is 63.7 Å². The normalized spacial score (nSPS) is 24.6. The highest BCUT2D eigenvalue weighted by molar-refractivity contribution is 8.00. The van der Waals surface area contributed by atoms with Gasteiger partial charge in [-0.3, -0.25) is 14.4 Å². The molecule has 4 atom stereocenters. The second kappa shape index (κ2) is 10.5. The molecule has 19 heteroatoms. The summed E-state index contributed by atoms with van der Waals surface area (Å²) >= 11 is 3.36. The first-order chi connectivity index (χ1) is 17.2. The van der Waals surface area contributed by atoms with E-state index in [1.807, 2.05) is 6.92 Å². The molecule has 0 aliphatic carbocycles. The van der Waals surface area contributed by atoms with Crippen LogP contribution in [0.25, 0.3) is 0 Å². The van der Waals surface area contributed by atoms with E-state index in [4.69, 9.17) is 16.3 Å². The fraction of sp³-hybridized carbons (Fsp3) is 0.588. The first-order valence-corrected chi connectivity index (χ1v) is 13.3. The molecule has 2 aromatic heterocycles. The van der Waals surface area contributed by atoms with Crippen LogP contribution in [0.4, 0.5) is 5.13 Å². The molecule has 4 rings (SSSR count). The van der Waals surface area contributed by atoms with Crippen molar-refractivity contribution in [1.82, 2.24) is 39.8 Å². The zero-order chi connectivity index (χ0) is 26.0. The van der Waals surface area contributed by atoms with E-state index in [0.29, 0.717) is 11.7 Å². The van der Waals surface area contributed by atoms with Crippen molar-refractivity contribution < 1.29 is 24.3 Å². The van der Waals surface area contributed by atoms with Gasteiger partial charge in [-0.05, 0) is 17.4 Å². The van der Waals surface area contributed by atoms with Gasteiger partial charge >= 0.3 is 5.97 Å². The van der Waals surface area contributed by atoms with Gasteiger partial charge in [0.1, 0.15) is 23.9 Å². The van der Waals surface area contributed by atoms with E-state index in [-0.39, 0.29) is 40.8 Å². The summed E-state index contributed by atoms with van der Waals surface area (Å²) in [6.07, 6.45) is 0. The lowest BCUT2D eigenvalue weighted by atomic mass is 9.89. The zero-order valence-electron chi connectivity index (χ0n) is 19.1. The highest BCUT2D eigenvalue weighted by Gasteiger charge is 2.57. The van der Waals surface area contributed by atoms with Crippen molar-refractivity contribution in [3.05, 3.63) is 5.82 Å². The molecule has 6 N–H and O–H groups in total. The number of carboxylic acids is 1. The lowest BCUT2D eigenvalue weighted by Gasteiger charge is -2.53. The standard InChI is InChI=1S/C17H23N11O5S3/c1-7(3-18)28-16(22-25-26-28)35-6-17(14(31)32)4-27-12(30)9(13(27)34-5-17)20-11(29)8(23-33-2)10-21-15(19)36-24-10/h7,9,13H,3-6,18H2,1-2H3,(H,20,29)(H,31,32)(H2,19,21,24)/t7?,9?,13-,17?/m1/s1. The molecule has 0 spiro atoms. The number of β-lactam (4-membered cyclic amide) rings is 1. The Morgan fingerprint density at radius 2 is 2.25 bits per heavy atom. The van der Waals surface area contributed by atoms with E-state index in [1.54, 1.807) is 4.68 Å². The van der Waals surface area contributed by atoms with Gasteiger partial charge in [-0.15, -0.1) is 16.9 Å². The smallest absolute Gasteiger partial charge is 0.313 e. The molecule has 2 aromatic rings. The number of nitrogens with one attached hydrogen (secondary N) is 1. The maximum Gasteiger partial charge on any atom is 0.313 e. The number of nitrogens with two attached hydrogens (primary N) is 2. The number of carbonyl (C=O) groups is 3. The first kappa shape index (κ1) is 26.0. The number of anilines is 1. The van der Waals surface area contributed by atoms with Crippen molar-refractivity contribution in [3.63, 3.8) is 0 Å². The Morgan fingerprint density at radius 3 is 2.89 bits per heavy atom. The number of tetrazole rings is 1. The quantitative estimate of drug-likeness (QED) is 0.110. The molecule has 194 valence electrons. The molecule has 4 heterocycles. The summed E-state index contributed by atoms with van der Waals surface area (Å²) in [7, 11) is 1.26. The predicted octanol–water partition coefficient (Wildman–Crippen LogP) is -1.76. The monoisotopic (exact) mass is 557 g/mol. The minimum Gasteiger partial charge on any atom is -0.481 e. The van der Waals surface area contributed by atoms with Crippen molar-refractivity contribution in [1.29, 1.82) is 0 Å². The Labute approximate surface area is 216 Å². The van der Waals surface area contributed by atoms with Gasteiger partial charge in [0.05, 0.1) is 6.04 Å². The van der Waals surface area contributed by atoms with Crippen LogP contribution in [0.2, 0.25) is 0 Å². The second-order valence-corrected chi connectivity index (χ2v) is 10.9. The van der Waals surface area contributed by atoms with E-state index in [1.165, 1.54) is 35.5 Å². The molecule has 2 fully saturated rings. The fourth-order valence-electron chi connectivity index (χ4n) is 3.58. The second-order valence-electron chi connectivity index (χ2n) is 8.06. The van der Waals surface area contributed by atoms with Crippen LogP contribution in [0.3, 0.4) is 0 Å². The van der Waals surface area contributed by atoms with Crippen LogP contribution in [-0.2, 0) is 19.2 Å². The van der Waals surface area contributed by atoms with Crippen molar-refractivity contribution in [2.24, 2.45) is 16.3 Å². The maximum absolute atomic E-state index is 12.9. The lowest BCUT2D eigenvalue weighted by Crippen LogP contribution is -2.74. The number of carboxylic acid groups (broad SMARTS) is 1. The van der Waals surface area contributed by atoms with Crippen LogP contribution in [-0.4, -0.2) is 106 Å². The molecule has 16 nitrogen and oxygen atoms in total. The number of oxime groups is 1. The van der Waals surface area contributed by atoms with E-state index >= 15 is 0 Å². The topological polar surface area (TPSA) is 230 Å². The number of hydrogen-bond acceptors (Lipinski definition) is 15. The lowest BCUT2D eigenvalue weighted by molar-refractivity contribution is -0.157. The number of aliphatic carboxylic acids is 1. The summed E-state index contributed by atoms with van der Waals surface area (Å²) < 4.78 is 5.50. The van der Waals surface area contributed by atoms with Crippen molar-refractivity contribution in [3.8, 4) is 0 Å². The number of aromatic nitrogens is 6. The van der Waals surface area contributed by atoms with E-state index in [9.17, 15) is 19.5 Å². The third-order valence-electron chi connectivity index (χ3n) is 5.64. The Kier molecular flexibility index (Phi) is 7.62. The van der Waals surface area contributed by atoms with Gasteiger partial charge in [0, 0.05) is 36.1 Å². The minimum atomic E-state index is -1.23. The number of nitrogen functional groups attached to an aromatic ring is 1. The molecule has 0 aromatic carbocycles. The van der Waals surface area contributed by atoms with E-state index in [2.05, 4.69) is 35.4 Å². The third-order valence-corrected chi connectivity index (χ3v) is 8.99. The first-order valence-electron chi connectivity index (χ1n) is 10.5. The minimum absolute atomic E-state index is 0.0184. The molecular weight excluding hydrogens is 534 g/mol. The molecule has 0 radical (unpaired) electrons. The summed E-state index contributed by atoms with van der Waals surface area (Å²) in [5, 5.41) is 28.0. The maximum atomic E-state index is 12.9. The number of carbonyl (C=O) groups excluding carboxylic acids is 2. The van der Waals surface area contributed by atoms with E-state index in [0.717, 1.165) is 11.5 Å². The average molecular weight is 558 g/mol. The molecule has 2 aliphatic rings. The van der Waals surface area contributed by atoms with Gasteiger partial charge in [0.15, 0.2) is 5.13 Å². The van der Waals surface area contributed by atoms with E-state index < -0.39 is 34.6 Å². The Bertz CT molecular complexity index is 1190. The molecule has 0 bridgehead atoms.